The quantitative estimate of drug-likeness (QED) is 0.637. The summed E-state index contributed by atoms with van der Waals surface area (Å²) >= 11 is 0. The van der Waals surface area contributed by atoms with E-state index in [4.69, 9.17) is 0 Å². The molecule has 0 radical (unpaired) electrons. The van der Waals surface area contributed by atoms with Gasteiger partial charge in [-0.05, 0) is 19.4 Å². The van der Waals surface area contributed by atoms with Crippen LogP contribution >= 0.6 is 0 Å². The third-order valence-electron chi connectivity index (χ3n) is 3.03. The van der Waals surface area contributed by atoms with Gasteiger partial charge in [-0.3, -0.25) is 4.68 Å². The first-order chi connectivity index (χ1) is 7.56. The minimum absolute atomic E-state index is 0.0726. The second-order valence-corrected chi connectivity index (χ2v) is 4.20. The second kappa shape index (κ2) is 5.43. The molecule has 1 aromatic rings. The Bertz CT molecular complexity index is 324. The molecule has 0 aromatic carbocycles. The Morgan fingerprint density at radius 2 is 2.06 bits per heavy atom. The Morgan fingerprint density at radius 3 is 2.44 bits per heavy atom. The van der Waals surface area contributed by atoms with Crippen molar-refractivity contribution in [1.29, 1.82) is 0 Å². The molecular formula is C11H21N3O2. The fourth-order valence-electron chi connectivity index (χ4n) is 1.62. The number of aliphatic hydroxyl groups excluding tert-OH is 2. The van der Waals surface area contributed by atoms with Gasteiger partial charge in [-0.15, -0.1) is 0 Å². The van der Waals surface area contributed by atoms with Gasteiger partial charge in [-0.1, -0.05) is 6.92 Å². The molecule has 0 saturated carbocycles. The van der Waals surface area contributed by atoms with Crippen molar-refractivity contribution < 1.29 is 10.2 Å². The minimum atomic E-state index is -0.599. The first-order valence-electron chi connectivity index (χ1n) is 5.53. The third-order valence-corrected chi connectivity index (χ3v) is 3.03. The monoisotopic (exact) mass is 227 g/mol. The van der Waals surface area contributed by atoms with Crippen molar-refractivity contribution in [3.05, 3.63) is 17.5 Å². The van der Waals surface area contributed by atoms with Crippen LogP contribution in [0.3, 0.4) is 0 Å². The number of rotatable bonds is 6. The van der Waals surface area contributed by atoms with Gasteiger partial charge in [-0.25, -0.2) is 0 Å². The van der Waals surface area contributed by atoms with Gasteiger partial charge in [0.05, 0.1) is 30.1 Å². The summed E-state index contributed by atoms with van der Waals surface area (Å²) in [6.07, 6.45) is 0.677. The molecule has 0 spiro atoms. The SMILES string of the molecule is CCC(CO)(CO)NCc1cc(C)nn1C. The van der Waals surface area contributed by atoms with E-state index in [1.54, 1.807) is 4.68 Å². The van der Waals surface area contributed by atoms with Crippen LogP contribution in [0.1, 0.15) is 24.7 Å². The van der Waals surface area contributed by atoms with E-state index in [-0.39, 0.29) is 13.2 Å². The van der Waals surface area contributed by atoms with E-state index in [0.29, 0.717) is 13.0 Å². The van der Waals surface area contributed by atoms with Crippen LogP contribution in [0.4, 0.5) is 0 Å². The summed E-state index contributed by atoms with van der Waals surface area (Å²) in [5.74, 6) is 0. The Kier molecular flexibility index (Phi) is 4.46. The number of aliphatic hydroxyl groups is 2. The molecule has 0 aliphatic carbocycles. The average molecular weight is 227 g/mol. The molecule has 1 heterocycles. The summed E-state index contributed by atoms with van der Waals surface area (Å²) in [4.78, 5) is 0. The van der Waals surface area contributed by atoms with Gasteiger partial charge >= 0.3 is 0 Å². The predicted molar refractivity (Wildman–Crippen MR) is 62.0 cm³/mol. The number of nitrogens with one attached hydrogen (secondary N) is 1. The molecular weight excluding hydrogens is 206 g/mol. The second-order valence-electron chi connectivity index (χ2n) is 4.20. The molecule has 0 bridgehead atoms. The van der Waals surface area contributed by atoms with Crippen LogP contribution in [0.5, 0.6) is 0 Å². The van der Waals surface area contributed by atoms with Gasteiger partial charge in [0.1, 0.15) is 0 Å². The highest BCUT2D eigenvalue weighted by molar-refractivity contribution is 5.09. The van der Waals surface area contributed by atoms with Crippen molar-refractivity contribution in [2.75, 3.05) is 13.2 Å². The predicted octanol–water partition coefficient (Wildman–Crippen LogP) is -0.0485. The number of nitrogens with zero attached hydrogens (tertiary/aromatic N) is 2. The number of hydrogen-bond acceptors (Lipinski definition) is 4. The summed E-state index contributed by atoms with van der Waals surface area (Å²) in [5.41, 5.74) is 1.41. The standard InChI is InChI=1S/C11H21N3O2/c1-4-11(7-15,8-16)12-6-10-5-9(2)13-14(10)3/h5,12,15-16H,4,6-8H2,1-3H3. The summed E-state index contributed by atoms with van der Waals surface area (Å²) < 4.78 is 1.80. The lowest BCUT2D eigenvalue weighted by Crippen LogP contribution is -2.50. The van der Waals surface area contributed by atoms with Crippen LogP contribution in [0, 0.1) is 6.92 Å². The Balaban J connectivity index is 2.65. The van der Waals surface area contributed by atoms with E-state index in [2.05, 4.69) is 10.4 Å². The smallest absolute Gasteiger partial charge is 0.0648 e. The van der Waals surface area contributed by atoms with Gasteiger partial charge in [0.25, 0.3) is 0 Å². The van der Waals surface area contributed by atoms with Gasteiger partial charge in [0, 0.05) is 13.6 Å². The zero-order valence-corrected chi connectivity index (χ0v) is 10.2. The lowest BCUT2D eigenvalue weighted by atomic mass is 9.98. The van der Waals surface area contributed by atoms with E-state index in [1.807, 2.05) is 27.0 Å². The van der Waals surface area contributed by atoms with Crippen LogP contribution in [-0.2, 0) is 13.6 Å². The van der Waals surface area contributed by atoms with E-state index >= 15 is 0 Å². The topological polar surface area (TPSA) is 70.3 Å². The van der Waals surface area contributed by atoms with E-state index in [9.17, 15) is 10.2 Å². The van der Waals surface area contributed by atoms with Crippen LogP contribution < -0.4 is 5.32 Å². The summed E-state index contributed by atoms with van der Waals surface area (Å²) in [7, 11) is 1.88. The minimum Gasteiger partial charge on any atom is -0.394 e. The van der Waals surface area contributed by atoms with Gasteiger partial charge in [0.2, 0.25) is 0 Å². The maximum atomic E-state index is 9.28. The Hall–Kier alpha value is -0.910. The molecule has 1 rings (SSSR count). The van der Waals surface area contributed by atoms with Crippen molar-refractivity contribution in [2.24, 2.45) is 7.05 Å². The van der Waals surface area contributed by atoms with Crippen molar-refractivity contribution >= 4 is 0 Å². The molecule has 92 valence electrons. The molecule has 1 aromatic heterocycles. The van der Waals surface area contributed by atoms with Gasteiger partial charge in [0.15, 0.2) is 0 Å². The molecule has 0 unspecified atom stereocenters. The highest BCUT2D eigenvalue weighted by atomic mass is 16.3. The maximum absolute atomic E-state index is 9.28. The molecule has 3 N–H and O–H groups in total. The molecule has 5 nitrogen and oxygen atoms in total. The van der Waals surface area contributed by atoms with Gasteiger partial charge in [-0.2, -0.15) is 5.10 Å². The first kappa shape index (κ1) is 13.2. The van der Waals surface area contributed by atoms with Gasteiger partial charge < -0.3 is 15.5 Å². The molecule has 5 heteroatoms. The highest BCUT2D eigenvalue weighted by Crippen LogP contribution is 2.10. The van der Waals surface area contributed by atoms with Crippen LogP contribution in [0.25, 0.3) is 0 Å². The summed E-state index contributed by atoms with van der Waals surface area (Å²) in [6.45, 7) is 4.32. The Morgan fingerprint density at radius 1 is 1.44 bits per heavy atom. The Labute approximate surface area is 96.1 Å². The van der Waals surface area contributed by atoms with Crippen LogP contribution in [-0.4, -0.2) is 38.7 Å². The fourth-order valence-corrected chi connectivity index (χ4v) is 1.62. The molecule has 0 saturated heterocycles. The number of aryl methyl sites for hydroxylation is 2. The fraction of sp³-hybridized carbons (Fsp3) is 0.727. The zero-order chi connectivity index (χ0) is 12.2. The van der Waals surface area contributed by atoms with Crippen molar-refractivity contribution in [2.45, 2.75) is 32.4 Å². The normalized spacial score (nSPS) is 12.1. The lowest BCUT2D eigenvalue weighted by molar-refractivity contribution is 0.0858. The molecule has 0 amide bonds. The van der Waals surface area contributed by atoms with Crippen molar-refractivity contribution in [3.63, 3.8) is 0 Å². The highest BCUT2D eigenvalue weighted by Gasteiger charge is 2.25. The van der Waals surface area contributed by atoms with E-state index < -0.39 is 5.54 Å². The van der Waals surface area contributed by atoms with Crippen molar-refractivity contribution in [1.82, 2.24) is 15.1 Å². The molecule has 0 fully saturated rings. The largest absolute Gasteiger partial charge is 0.394 e. The summed E-state index contributed by atoms with van der Waals surface area (Å²) in [5, 5.41) is 26.0. The number of aromatic nitrogens is 2. The molecule has 16 heavy (non-hydrogen) atoms. The third kappa shape index (κ3) is 2.81. The van der Waals surface area contributed by atoms with Crippen LogP contribution in [0.15, 0.2) is 6.07 Å². The van der Waals surface area contributed by atoms with Crippen LogP contribution in [0.2, 0.25) is 0 Å². The molecule has 0 aliphatic rings. The maximum Gasteiger partial charge on any atom is 0.0648 e. The van der Waals surface area contributed by atoms with E-state index in [0.717, 1.165) is 11.4 Å². The lowest BCUT2D eigenvalue weighted by Gasteiger charge is -2.29. The molecule has 0 atom stereocenters. The summed E-state index contributed by atoms with van der Waals surface area (Å²) in [6, 6.07) is 1.99. The van der Waals surface area contributed by atoms with Crippen molar-refractivity contribution in [3.8, 4) is 0 Å². The van der Waals surface area contributed by atoms with E-state index in [1.165, 1.54) is 0 Å². The first-order valence-corrected chi connectivity index (χ1v) is 5.53. The number of hydrogen-bond donors (Lipinski definition) is 3. The zero-order valence-electron chi connectivity index (χ0n) is 10.2. The average Bonchev–Trinajstić information content (AvgIpc) is 2.60. The molecule has 0 aliphatic heterocycles.